The number of hydrogen-bond acceptors (Lipinski definition) is 3. The van der Waals surface area contributed by atoms with Crippen LogP contribution in [0.15, 0.2) is 24.3 Å². The summed E-state index contributed by atoms with van der Waals surface area (Å²) in [5, 5.41) is 2.78. The van der Waals surface area contributed by atoms with Crippen molar-refractivity contribution in [2.24, 2.45) is 0 Å². The van der Waals surface area contributed by atoms with Crippen molar-refractivity contribution in [1.29, 1.82) is 0 Å². The fourth-order valence-electron chi connectivity index (χ4n) is 1.42. The van der Waals surface area contributed by atoms with E-state index in [1.165, 1.54) is 0 Å². The van der Waals surface area contributed by atoms with Gasteiger partial charge < -0.3 is 15.0 Å². The van der Waals surface area contributed by atoms with Crippen LogP contribution in [0.4, 0.5) is 5.69 Å². The minimum atomic E-state index is -0.0623. The third-order valence-corrected chi connectivity index (χ3v) is 2.64. The van der Waals surface area contributed by atoms with Crippen LogP contribution < -0.4 is 10.2 Å². The summed E-state index contributed by atoms with van der Waals surface area (Å²) in [5.74, 6) is -0.0623. The Morgan fingerprint density at radius 2 is 2.00 bits per heavy atom. The maximum Gasteiger partial charge on any atom is 0.251 e. The number of benzene rings is 1. The summed E-state index contributed by atoms with van der Waals surface area (Å²) >= 11 is 0. The van der Waals surface area contributed by atoms with E-state index in [9.17, 15) is 4.79 Å². The van der Waals surface area contributed by atoms with Gasteiger partial charge in [0.1, 0.15) is 0 Å². The molecule has 1 aromatic carbocycles. The van der Waals surface area contributed by atoms with Gasteiger partial charge in [-0.2, -0.15) is 0 Å². The normalized spacial score (nSPS) is 10.1. The van der Waals surface area contributed by atoms with Crippen molar-refractivity contribution in [3.63, 3.8) is 0 Å². The van der Waals surface area contributed by atoms with Gasteiger partial charge in [-0.15, -0.1) is 0 Å². The monoisotopic (exact) mass is 236 g/mol. The second kappa shape index (κ2) is 6.91. The molecule has 0 radical (unpaired) electrons. The molecule has 1 N–H and O–H groups in total. The molecular weight excluding hydrogens is 216 g/mol. The van der Waals surface area contributed by atoms with Gasteiger partial charge in [0.2, 0.25) is 0 Å². The van der Waals surface area contributed by atoms with Crippen molar-refractivity contribution in [2.45, 2.75) is 6.92 Å². The van der Waals surface area contributed by atoms with Gasteiger partial charge in [-0.25, -0.2) is 0 Å². The molecule has 1 amide bonds. The maximum absolute atomic E-state index is 11.7. The molecule has 0 saturated carbocycles. The third-order valence-electron chi connectivity index (χ3n) is 2.64. The Bertz CT molecular complexity index is 349. The smallest absolute Gasteiger partial charge is 0.251 e. The fraction of sp³-hybridized carbons (Fsp3) is 0.462. The Labute approximate surface area is 103 Å². The summed E-state index contributed by atoms with van der Waals surface area (Å²) in [7, 11) is 3.63. The average molecular weight is 236 g/mol. The summed E-state index contributed by atoms with van der Waals surface area (Å²) in [6.07, 6.45) is 0. The predicted molar refractivity (Wildman–Crippen MR) is 69.6 cm³/mol. The number of amides is 1. The van der Waals surface area contributed by atoms with Crippen LogP contribution in [0, 0.1) is 0 Å². The number of carbonyl (C=O) groups excluding carboxylic acids is 1. The number of nitrogens with one attached hydrogen (secondary N) is 1. The van der Waals surface area contributed by atoms with Gasteiger partial charge in [0.05, 0.1) is 6.61 Å². The van der Waals surface area contributed by atoms with E-state index in [1.54, 1.807) is 7.11 Å². The predicted octanol–water partition coefficient (Wildman–Crippen LogP) is 1.52. The molecule has 4 heteroatoms. The van der Waals surface area contributed by atoms with Gasteiger partial charge in [0, 0.05) is 38.5 Å². The number of hydrogen-bond donors (Lipinski definition) is 1. The minimum absolute atomic E-state index is 0.0623. The highest BCUT2D eigenvalue weighted by Gasteiger charge is 2.05. The molecule has 17 heavy (non-hydrogen) atoms. The molecule has 0 atom stereocenters. The van der Waals surface area contributed by atoms with Crippen molar-refractivity contribution < 1.29 is 9.53 Å². The number of carbonyl (C=O) groups is 1. The number of ether oxygens (including phenoxy) is 1. The Morgan fingerprint density at radius 3 is 2.53 bits per heavy atom. The van der Waals surface area contributed by atoms with Gasteiger partial charge in [0.25, 0.3) is 5.91 Å². The molecule has 0 aromatic heterocycles. The molecule has 0 heterocycles. The Morgan fingerprint density at radius 1 is 1.35 bits per heavy atom. The van der Waals surface area contributed by atoms with Crippen LogP contribution in [0.5, 0.6) is 0 Å². The molecule has 0 spiro atoms. The lowest BCUT2D eigenvalue weighted by atomic mass is 10.2. The lowest BCUT2D eigenvalue weighted by Crippen LogP contribution is -2.27. The second-order valence-electron chi connectivity index (χ2n) is 3.81. The second-order valence-corrected chi connectivity index (χ2v) is 3.81. The van der Waals surface area contributed by atoms with Crippen LogP contribution in [0.2, 0.25) is 0 Å². The number of methoxy groups -OCH3 is 1. The van der Waals surface area contributed by atoms with Gasteiger partial charge in [-0.1, -0.05) is 0 Å². The van der Waals surface area contributed by atoms with Gasteiger partial charge in [-0.05, 0) is 31.2 Å². The largest absolute Gasteiger partial charge is 0.383 e. The number of nitrogens with zero attached hydrogens (tertiary/aromatic N) is 1. The first-order valence-electron chi connectivity index (χ1n) is 5.77. The van der Waals surface area contributed by atoms with Crippen molar-refractivity contribution in [2.75, 3.05) is 38.8 Å². The molecule has 1 aromatic rings. The van der Waals surface area contributed by atoms with E-state index in [2.05, 4.69) is 17.1 Å². The van der Waals surface area contributed by atoms with E-state index >= 15 is 0 Å². The molecule has 94 valence electrons. The zero-order valence-corrected chi connectivity index (χ0v) is 10.7. The van der Waals surface area contributed by atoms with Crippen LogP contribution in [0.1, 0.15) is 17.3 Å². The molecule has 0 aliphatic heterocycles. The maximum atomic E-state index is 11.7. The first-order valence-corrected chi connectivity index (χ1v) is 5.77. The van der Waals surface area contributed by atoms with Gasteiger partial charge in [0.15, 0.2) is 0 Å². The summed E-state index contributed by atoms with van der Waals surface area (Å²) in [4.78, 5) is 13.8. The molecule has 0 fully saturated rings. The highest BCUT2D eigenvalue weighted by molar-refractivity contribution is 5.94. The average Bonchev–Trinajstić information content (AvgIpc) is 2.38. The molecule has 0 saturated heterocycles. The molecule has 0 bridgehead atoms. The summed E-state index contributed by atoms with van der Waals surface area (Å²) in [5.41, 5.74) is 1.79. The Hall–Kier alpha value is -1.55. The van der Waals surface area contributed by atoms with E-state index in [0.29, 0.717) is 18.7 Å². The molecule has 1 rings (SSSR count). The topological polar surface area (TPSA) is 41.6 Å². The third kappa shape index (κ3) is 4.07. The summed E-state index contributed by atoms with van der Waals surface area (Å²) < 4.78 is 4.87. The van der Waals surface area contributed by atoms with E-state index in [-0.39, 0.29) is 5.91 Å². The zero-order chi connectivity index (χ0) is 12.7. The molecular formula is C13H20N2O2. The van der Waals surface area contributed by atoms with Crippen LogP contribution in [0.3, 0.4) is 0 Å². The number of anilines is 1. The zero-order valence-electron chi connectivity index (χ0n) is 10.7. The van der Waals surface area contributed by atoms with E-state index < -0.39 is 0 Å². The standard InChI is InChI=1S/C13H20N2O2/c1-4-15(2)12-7-5-11(6-8-12)13(16)14-9-10-17-3/h5-8H,4,9-10H2,1-3H3,(H,14,16). The first kappa shape index (κ1) is 13.5. The Balaban J connectivity index is 2.58. The minimum Gasteiger partial charge on any atom is -0.383 e. The molecule has 0 aliphatic carbocycles. The van der Waals surface area contributed by atoms with Crippen LogP contribution in [0.25, 0.3) is 0 Å². The summed E-state index contributed by atoms with van der Waals surface area (Å²) in [6.45, 7) is 4.10. The van der Waals surface area contributed by atoms with E-state index in [4.69, 9.17) is 4.74 Å². The van der Waals surface area contributed by atoms with Crippen molar-refractivity contribution in [3.8, 4) is 0 Å². The fourth-order valence-corrected chi connectivity index (χ4v) is 1.42. The molecule has 4 nitrogen and oxygen atoms in total. The SMILES string of the molecule is CCN(C)c1ccc(C(=O)NCCOC)cc1. The van der Waals surface area contributed by atoms with Gasteiger partial charge in [-0.3, -0.25) is 4.79 Å². The molecule has 0 aliphatic rings. The van der Waals surface area contributed by atoms with Crippen LogP contribution in [-0.4, -0.2) is 39.8 Å². The molecule has 0 unspecified atom stereocenters. The Kier molecular flexibility index (Phi) is 5.49. The number of rotatable bonds is 6. The van der Waals surface area contributed by atoms with Crippen LogP contribution >= 0.6 is 0 Å². The van der Waals surface area contributed by atoms with Crippen molar-refractivity contribution in [1.82, 2.24) is 5.32 Å². The quantitative estimate of drug-likeness (QED) is 0.761. The van der Waals surface area contributed by atoms with Crippen molar-refractivity contribution >= 4 is 11.6 Å². The lowest BCUT2D eigenvalue weighted by molar-refractivity contribution is 0.0937. The summed E-state index contributed by atoms with van der Waals surface area (Å²) in [6, 6.07) is 7.58. The lowest BCUT2D eigenvalue weighted by Gasteiger charge is -2.16. The van der Waals surface area contributed by atoms with Gasteiger partial charge >= 0.3 is 0 Å². The van der Waals surface area contributed by atoms with Crippen molar-refractivity contribution in [3.05, 3.63) is 29.8 Å². The van der Waals surface area contributed by atoms with Crippen LogP contribution in [-0.2, 0) is 4.74 Å². The highest BCUT2D eigenvalue weighted by Crippen LogP contribution is 2.13. The highest BCUT2D eigenvalue weighted by atomic mass is 16.5. The first-order chi connectivity index (χ1) is 8.19. The van der Waals surface area contributed by atoms with E-state index in [1.807, 2.05) is 31.3 Å². The van der Waals surface area contributed by atoms with E-state index in [0.717, 1.165) is 12.2 Å².